The standard InChI is InChI=1S/C15H20Cl2N2O/c1-10(11-4-7-13(16)14(17)9-11)18-8-2-3-15(20)19-12-5-6-12/h4,7,9-10,12,18H,2-3,5-6,8H2,1H3,(H,19,20). The van der Waals surface area contributed by atoms with Gasteiger partial charge in [-0.1, -0.05) is 29.3 Å². The minimum Gasteiger partial charge on any atom is -0.353 e. The fraction of sp³-hybridized carbons (Fsp3) is 0.533. The highest BCUT2D eigenvalue weighted by molar-refractivity contribution is 6.42. The Balaban J connectivity index is 1.67. The molecule has 2 N–H and O–H groups in total. The molecule has 0 aromatic heterocycles. The van der Waals surface area contributed by atoms with Gasteiger partial charge in [0.1, 0.15) is 0 Å². The lowest BCUT2D eigenvalue weighted by Crippen LogP contribution is -2.27. The van der Waals surface area contributed by atoms with Crippen LogP contribution in [-0.4, -0.2) is 18.5 Å². The van der Waals surface area contributed by atoms with Gasteiger partial charge in [-0.25, -0.2) is 0 Å². The molecule has 0 saturated heterocycles. The number of rotatable bonds is 7. The van der Waals surface area contributed by atoms with Crippen molar-refractivity contribution in [2.24, 2.45) is 0 Å². The summed E-state index contributed by atoms with van der Waals surface area (Å²) in [6.45, 7) is 2.88. The first-order valence-electron chi connectivity index (χ1n) is 7.04. The van der Waals surface area contributed by atoms with E-state index < -0.39 is 0 Å². The van der Waals surface area contributed by atoms with E-state index in [2.05, 4.69) is 17.6 Å². The fourth-order valence-electron chi connectivity index (χ4n) is 1.99. The van der Waals surface area contributed by atoms with Gasteiger partial charge in [0.2, 0.25) is 5.91 Å². The van der Waals surface area contributed by atoms with Gasteiger partial charge >= 0.3 is 0 Å². The van der Waals surface area contributed by atoms with Crippen LogP contribution in [0.1, 0.15) is 44.2 Å². The zero-order valence-corrected chi connectivity index (χ0v) is 13.1. The Bertz CT molecular complexity index is 475. The van der Waals surface area contributed by atoms with E-state index in [4.69, 9.17) is 23.2 Å². The first-order valence-corrected chi connectivity index (χ1v) is 7.79. The predicted octanol–water partition coefficient (Wildman–Crippen LogP) is 3.70. The van der Waals surface area contributed by atoms with Crippen molar-refractivity contribution in [3.05, 3.63) is 33.8 Å². The number of halogens is 2. The molecule has 1 amide bonds. The Morgan fingerprint density at radius 2 is 2.10 bits per heavy atom. The predicted molar refractivity (Wildman–Crippen MR) is 83.3 cm³/mol. The van der Waals surface area contributed by atoms with Gasteiger partial charge in [-0.15, -0.1) is 0 Å². The number of carbonyl (C=O) groups excluding carboxylic acids is 1. The summed E-state index contributed by atoms with van der Waals surface area (Å²) in [4.78, 5) is 11.5. The van der Waals surface area contributed by atoms with E-state index in [0.29, 0.717) is 22.5 Å². The zero-order valence-electron chi connectivity index (χ0n) is 11.6. The summed E-state index contributed by atoms with van der Waals surface area (Å²) in [5.74, 6) is 0.163. The maximum atomic E-state index is 11.5. The largest absolute Gasteiger partial charge is 0.353 e. The molecule has 1 saturated carbocycles. The van der Waals surface area contributed by atoms with Gasteiger partial charge in [-0.2, -0.15) is 0 Å². The van der Waals surface area contributed by atoms with Crippen molar-refractivity contribution >= 4 is 29.1 Å². The summed E-state index contributed by atoms with van der Waals surface area (Å²) in [7, 11) is 0. The first-order chi connectivity index (χ1) is 9.56. The van der Waals surface area contributed by atoms with Crippen LogP contribution >= 0.6 is 23.2 Å². The smallest absolute Gasteiger partial charge is 0.220 e. The topological polar surface area (TPSA) is 41.1 Å². The number of hydrogen-bond donors (Lipinski definition) is 2. The Hall–Kier alpha value is -0.770. The summed E-state index contributed by atoms with van der Waals surface area (Å²) in [6.07, 6.45) is 3.69. The molecule has 110 valence electrons. The molecule has 0 spiro atoms. The number of hydrogen-bond acceptors (Lipinski definition) is 2. The van der Waals surface area contributed by atoms with Crippen LogP contribution in [0.2, 0.25) is 10.0 Å². The molecule has 20 heavy (non-hydrogen) atoms. The zero-order chi connectivity index (χ0) is 14.5. The number of carbonyl (C=O) groups is 1. The van der Waals surface area contributed by atoms with Gasteiger partial charge in [0.15, 0.2) is 0 Å². The van der Waals surface area contributed by atoms with Crippen LogP contribution in [0, 0.1) is 0 Å². The summed E-state index contributed by atoms with van der Waals surface area (Å²) in [5, 5.41) is 7.52. The maximum Gasteiger partial charge on any atom is 0.220 e. The van der Waals surface area contributed by atoms with Gasteiger partial charge in [-0.3, -0.25) is 4.79 Å². The molecule has 1 aliphatic rings. The van der Waals surface area contributed by atoms with Crippen LogP contribution < -0.4 is 10.6 Å². The summed E-state index contributed by atoms with van der Waals surface area (Å²) < 4.78 is 0. The van der Waals surface area contributed by atoms with E-state index in [1.807, 2.05) is 12.1 Å². The summed E-state index contributed by atoms with van der Waals surface area (Å²) >= 11 is 11.9. The SMILES string of the molecule is CC(NCCCC(=O)NC1CC1)c1ccc(Cl)c(Cl)c1. The Morgan fingerprint density at radius 1 is 1.35 bits per heavy atom. The molecule has 0 radical (unpaired) electrons. The number of benzene rings is 1. The van der Waals surface area contributed by atoms with Gasteiger partial charge in [-0.05, 0) is 50.4 Å². The molecule has 0 bridgehead atoms. The van der Waals surface area contributed by atoms with Gasteiger partial charge in [0, 0.05) is 18.5 Å². The highest BCUT2D eigenvalue weighted by Gasteiger charge is 2.22. The summed E-state index contributed by atoms with van der Waals surface area (Å²) in [5.41, 5.74) is 1.10. The average Bonchev–Trinajstić information content (AvgIpc) is 3.21. The molecule has 1 unspecified atom stereocenters. The fourth-order valence-corrected chi connectivity index (χ4v) is 2.30. The van der Waals surface area contributed by atoms with Crippen molar-refractivity contribution in [1.82, 2.24) is 10.6 Å². The van der Waals surface area contributed by atoms with E-state index in [1.54, 1.807) is 6.07 Å². The lowest BCUT2D eigenvalue weighted by molar-refractivity contribution is -0.121. The van der Waals surface area contributed by atoms with Crippen LogP contribution in [0.25, 0.3) is 0 Å². The quantitative estimate of drug-likeness (QED) is 0.753. The molecule has 1 aromatic rings. The van der Waals surface area contributed by atoms with E-state index in [9.17, 15) is 4.79 Å². The highest BCUT2D eigenvalue weighted by atomic mass is 35.5. The van der Waals surface area contributed by atoms with Crippen molar-refractivity contribution in [3.63, 3.8) is 0 Å². The van der Waals surface area contributed by atoms with Crippen molar-refractivity contribution in [2.45, 2.75) is 44.7 Å². The van der Waals surface area contributed by atoms with Crippen molar-refractivity contribution in [1.29, 1.82) is 0 Å². The highest BCUT2D eigenvalue weighted by Crippen LogP contribution is 2.25. The van der Waals surface area contributed by atoms with Gasteiger partial charge < -0.3 is 10.6 Å². The molecule has 1 aromatic carbocycles. The monoisotopic (exact) mass is 314 g/mol. The van der Waals surface area contributed by atoms with Crippen molar-refractivity contribution in [3.8, 4) is 0 Å². The Morgan fingerprint density at radius 3 is 2.75 bits per heavy atom. The van der Waals surface area contributed by atoms with Crippen LogP contribution in [0.15, 0.2) is 18.2 Å². The van der Waals surface area contributed by atoms with E-state index >= 15 is 0 Å². The molecule has 1 fully saturated rings. The van der Waals surface area contributed by atoms with Crippen LogP contribution in [0.3, 0.4) is 0 Å². The van der Waals surface area contributed by atoms with E-state index in [0.717, 1.165) is 31.4 Å². The third-order valence-electron chi connectivity index (χ3n) is 3.42. The van der Waals surface area contributed by atoms with Crippen molar-refractivity contribution < 1.29 is 4.79 Å². The molecule has 5 heteroatoms. The molecule has 0 aliphatic heterocycles. The molecule has 0 heterocycles. The number of amides is 1. The first kappa shape index (κ1) is 15.6. The second-order valence-electron chi connectivity index (χ2n) is 5.29. The van der Waals surface area contributed by atoms with Gasteiger partial charge in [0.05, 0.1) is 10.0 Å². The Kier molecular flexibility index (Phi) is 5.70. The second kappa shape index (κ2) is 7.30. The number of nitrogens with one attached hydrogen (secondary N) is 2. The van der Waals surface area contributed by atoms with Crippen LogP contribution in [0.5, 0.6) is 0 Å². The van der Waals surface area contributed by atoms with Crippen LogP contribution in [-0.2, 0) is 4.79 Å². The molecule has 2 rings (SSSR count). The van der Waals surface area contributed by atoms with E-state index in [1.165, 1.54) is 0 Å². The third kappa shape index (κ3) is 4.97. The minimum absolute atomic E-state index is 0.163. The average molecular weight is 315 g/mol. The van der Waals surface area contributed by atoms with E-state index in [-0.39, 0.29) is 11.9 Å². The molecule has 1 atom stereocenters. The normalized spacial score (nSPS) is 15.9. The Labute approximate surface area is 130 Å². The maximum absolute atomic E-state index is 11.5. The minimum atomic E-state index is 0.163. The van der Waals surface area contributed by atoms with Crippen LogP contribution in [0.4, 0.5) is 0 Å². The van der Waals surface area contributed by atoms with Crippen molar-refractivity contribution in [2.75, 3.05) is 6.54 Å². The third-order valence-corrected chi connectivity index (χ3v) is 4.16. The molecule has 3 nitrogen and oxygen atoms in total. The lowest BCUT2D eigenvalue weighted by atomic mass is 10.1. The molecule has 1 aliphatic carbocycles. The summed E-state index contributed by atoms with van der Waals surface area (Å²) in [6, 6.07) is 6.29. The second-order valence-corrected chi connectivity index (χ2v) is 6.11. The lowest BCUT2D eigenvalue weighted by Gasteiger charge is -2.14. The molecular weight excluding hydrogens is 295 g/mol. The van der Waals surface area contributed by atoms with Gasteiger partial charge in [0.25, 0.3) is 0 Å². The molecular formula is C15H20Cl2N2O.